The minimum Gasteiger partial charge on any atom is -0.352 e. The van der Waals surface area contributed by atoms with Crippen LogP contribution in [0.3, 0.4) is 0 Å². The van der Waals surface area contributed by atoms with E-state index in [2.05, 4.69) is 10.6 Å². The van der Waals surface area contributed by atoms with Crippen LogP contribution in [0.4, 0.5) is 5.69 Å². The SMILES string of the molecule is CC(=O)Nc1ccc(CNC(=O)CCCl)cc1. The van der Waals surface area contributed by atoms with Crippen LogP contribution < -0.4 is 10.6 Å². The summed E-state index contributed by atoms with van der Waals surface area (Å²) < 4.78 is 0. The fourth-order valence-electron chi connectivity index (χ4n) is 1.28. The van der Waals surface area contributed by atoms with E-state index >= 15 is 0 Å². The summed E-state index contributed by atoms with van der Waals surface area (Å²) in [5, 5.41) is 5.42. The first kappa shape index (κ1) is 13.5. The monoisotopic (exact) mass is 254 g/mol. The summed E-state index contributed by atoms with van der Waals surface area (Å²) in [4.78, 5) is 22.0. The number of hydrogen-bond donors (Lipinski definition) is 2. The number of carbonyl (C=O) groups is 2. The zero-order valence-electron chi connectivity index (χ0n) is 9.63. The van der Waals surface area contributed by atoms with Crippen molar-refractivity contribution in [3.63, 3.8) is 0 Å². The second kappa shape index (κ2) is 6.91. The molecule has 0 saturated heterocycles. The Morgan fingerprint density at radius 3 is 2.41 bits per heavy atom. The topological polar surface area (TPSA) is 58.2 Å². The van der Waals surface area contributed by atoms with E-state index < -0.39 is 0 Å². The lowest BCUT2D eigenvalue weighted by Gasteiger charge is -2.06. The van der Waals surface area contributed by atoms with Gasteiger partial charge in [0.25, 0.3) is 0 Å². The minimum absolute atomic E-state index is 0.0639. The summed E-state index contributed by atoms with van der Waals surface area (Å²) in [6.07, 6.45) is 0.325. The normalized spacial score (nSPS) is 9.76. The van der Waals surface area contributed by atoms with Crippen LogP contribution in [0.2, 0.25) is 0 Å². The molecule has 0 bridgehead atoms. The highest BCUT2D eigenvalue weighted by Gasteiger charge is 2.00. The fourth-order valence-corrected chi connectivity index (χ4v) is 1.46. The largest absolute Gasteiger partial charge is 0.352 e. The number of alkyl halides is 1. The Balaban J connectivity index is 2.45. The van der Waals surface area contributed by atoms with E-state index in [1.807, 2.05) is 12.1 Å². The van der Waals surface area contributed by atoms with Gasteiger partial charge in [-0.05, 0) is 17.7 Å². The first-order valence-corrected chi connectivity index (χ1v) is 5.84. The Morgan fingerprint density at radius 2 is 1.88 bits per heavy atom. The van der Waals surface area contributed by atoms with Gasteiger partial charge in [0.1, 0.15) is 0 Å². The molecular formula is C12H15ClN2O2. The molecule has 0 atom stereocenters. The van der Waals surface area contributed by atoms with Gasteiger partial charge in [0.05, 0.1) is 0 Å². The molecule has 92 valence electrons. The van der Waals surface area contributed by atoms with Crippen LogP contribution in [0.25, 0.3) is 0 Å². The summed E-state index contributed by atoms with van der Waals surface area (Å²) in [6, 6.07) is 7.30. The summed E-state index contributed by atoms with van der Waals surface area (Å²) in [7, 11) is 0. The Labute approximate surface area is 105 Å². The molecule has 0 aliphatic heterocycles. The highest BCUT2D eigenvalue weighted by Crippen LogP contribution is 2.09. The third-order valence-electron chi connectivity index (χ3n) is 2.09. The molecule has 5 heteroatoms. The lowest BCUT2D eigenvalue weighted by Crippen LogP contribution is -2.22. The van der Waals surface area contributed by atoms with Gasteiger partial charge in [-0.15, -0.1) is 11.6 Å². The molecule has 4 nitrogen and oxygen atoms in total. The van der Waals surface area contributed by atoms with Crippen molar-refractivity contribution in [2.24, 2.45) is 0 Å². The van der Waals surface area contributed by atoms with Crippen molar-refractivity contribution >= 4 is 29.1 Å². The molecule has 0 fully saturated rings. The predicted molar refractivity (Wildman–Crippen MR) is 67.9 cm³/mol. The van der Waals surface area contributed by atoms with Crippen LogP contribution >= 0.6 is 11.6 Å². The van der Waals surface area contributed by atoms with Crippen molar-refractivity contribution < 1.29 is 9.59 Å². The number of amides is 2. The Bertz CT molecular complexity index is 390. The van der Waals surface area contributed by atoms with Crippen molar-refractivity contribution in [3.8, 4) is 0 Å². The molecule has 1 aromatic carbocycles. The number of anilines is 1. The maximum atomic E-state index is 11.2. The van der Waals surface area contributed by atoms with E-state index in [0.29, 0.717) is 18.8 Å². The molecule has 2 amide bonds. The third kappa shape index (κ3) is 5.36. The van der Waals surface area contributed by atoms with Crippen molar-refractivity contribution in [2.45, 2.75) is 19.9 Å². The maximum absolute atomic E-state index is 11.2. The van der Waals surface area contributed by atoms with Crippen molar-refractivity contribution in [3.05, 3.63) is 29.8 Å². The predicted octanol–water partition coefficient (Wildman–Crippen LogP) is 1.89. The Morgan fingerprint density at radius 1 is 1.24 bits per heavy atom. The van der Waals surface area contributed by atoms with E-state index in [1.165, 1.54) is 6.92 Å². The van der Waals surface area contributed by atoms with Crippen LogP contribution in [0.15, 0.2) is 24.3 Å². The quantitative estimate of drug-likeness (QED) is 0.789. The van der Waals surface area contributed by atoms with Crippen LogP contribution in [-0.4, -0.2) is 17.7 Å². The molecule has 0 aromatic heterocycles. The molecule has 2 N–H and O–H groups in total. The van der Waals surface area contributed by atoms with Crippen molar-refractivity contribution in [1.82, 2.24) is 5.32 Å². The van der Waals surface area contributed by atoms with Gasteiger partial charge in [-0.3, -0.25) is 9.59 Å². The lowest BCUT2D eigenvalue weighted by atomic mass is 10.2. The summed E-state index contributed by atoms with van der Waals surface area (Å²) in [6.45, 7) is 1.93. The van der Waals surface area contributed by atoms with E-state index in [9.17, 15) is 9.59 Å². The van der Waals surface area contributed by atoms with Gasteiger partial charge >= 0.3 is 0 Å². The van der Waals surface area contributed by atoms with E-state index in [4.69, 9.17) is 11.6 Å². The second-order valence-electron chi connectivity index (χ2n) is 3.59. The first-order chi connectivity index (χ1) is 8.11. The number of hydrogen-bond acceptors (Lipinski definition) is 2. The standard InChI is InChI=1S/C12H15ClN2O2/c1-9(16)15-11-4-2-10(3-5-11)8-14-12(17)6-7-13/h2-5H,6-8H2,1H3,(H,14,17)(H,15,16). The molecule has 0 radical (unpaired) electrons. The van der Waals surface area contributed by atoms with Gasteiger partial charge in [0.2, 0.25) is 11.8 Å². The third-order valence-corrected chi connectivity index (χ3v) is 2.27. The van der Waals surface area contributed by atoms with Gasteiger partial charge in [-0.1, -0.05) is 12.1 Å². The number of halogens is 1. The van der Waals surface area contributed by atoms with Crippen molar-refractivity contribution in [2.75, 3.05) is 11.2 Å². The van der Waals surface area contributed by atoms with Crippen LogP contribution in [0.1, 0.15) is 18.9 Å². The molecule has 0 aliphatic rings. The zero-order valence-corrected chi connectivity index (χ0v) is 10.4. The molecule has 0 aliphatic carbocycles. The summed E-state index contributed by atoms with van der Waals surface area (Å²) in [5.41, 5.74) is 1.72. The first-order valence-electron chi connectivity index (χ1n) is 5.31. The number of carbonyl (C=O) groups excluding carboxylic acids is 2. The molecule has 0 heterocycles. The van der Waals surface area contributed by atoms with Gasteiger partial charge in [0, 0.05) is 31.5 Å². The molecule has 1 rings (SSSR count). The van der Waals surface area contributed by atoms with Gasteiger partial charge in [-0.2, -0.15) is 0 Å². The average molecular weight is 255 g/mol. The second-order valence-corrected chi connectivity index (χ2v) is 3.97. The lowest BCUT2D eigenvalue weighted by molar-refractivity contribution is -0.120. The van der Waals surface area contributed by atoms with Gasteiger partial charge in [0.15, 0.2) is 0 Å². The number of benzene rings is 1. The van der Waals surface area contributed by atoms with Crippen LogP contribution in [0, 0.1) is 0 Å². The fraction of sp³-hybridized carbons (Fsp3) is 0.333. The number of rotatable bonds is 5. The minimum atomic E-state index is -0.104. The summed E-state index contributed by atoms with van der Waals surface area (Å²) in [5.74, 6) is 0.159. The van der Waals surface area contributed by atoms with Crippen LogP contribution in [-0.2, 0) is 16.1 Å². The molecule has 0 spiro atoms. The Hall–Kier alpha value is -1.55. The zero-order chi connectivity index (χ0) is 12.7. The van der Waals surface area contributed by atoms with E-state index in [-0.39, 0.29) is 11.8 Å². The number of nitrogens with one attached hydrogen (secondary N) is 2. The molecule has 1 aromatic rings. The van der Waals surface area contributed by atoms with Crippen LogP contribution in [0.5, 0.6) is 0 Å². The molecule has 0 unspecified atom stereocenters. The van der Waals surface area contributed by atoms with E-state index in [0.717, 1.165) is 11.3 Å². The molecule has 0 saturated carbocycles. The van der Waals surface area contributed by atoms with Gasteiger partial charge < -0.3 is 10.6 Å². The van der Waals surface area contributed by atoms with Crippen molar-refractivity contribution in [1.29, 1.82) is 0 Å². The van der Waals surface area contributed by atoms with Gasteiger partial charge in [-0.25, -0.2) is 0 Å². The average Bonchev–Trinajstić information content (AvgIpc) is 2.28. The molecular weight excluding hydrogens is 240 g/mol. The smallest absolute Gasteiger partial charge is 0.221 e. The highest BCUT2D eigenvalue weighted by molar-refractivity contribution is 6.18. The molecule has 17 heavy (non-hydrogen) atoms. The highest BCUT2D eigenvalue weighted by atomic mass is 35.5. The maximum Gasteiger partial charge on any atom is 0.221 e. The summed E-state index contributed by atoms with van der Waals surface area (Å²) >= 11 is 5.45. The Kier molecular flexibility index (Phi) is 5.49. The van der Waals surface area contributed by atoms with E-state index in [1.54, 1.807) is 12.1 Å².